The third-order valence-electron chi connectivity index (χ3n) is 6.06. The highest BCUT2D eigenvalue weighted by molar-refractivity contribution is 6.38. The number of hydrogen-bond donors (Lipinski definition) is 2. The van der Waals surface area contributed by atoms with Crippen LogP contribution in [0.25, 0.3) is 0 Å². The fourth-order valence-corrected chi connectivity index (χ4v) is 3.86. The predicted octanol–water partition coefficient (Wildman–Crippen LogP) is 3.54. The predicted molar refractivity (Wildman–Crippen MR) is 140 cm³/mol. The lowest BCUT2D eigenvalue weighted by molar-refractivity contribution is 0.111. The Balaban J connectivity index is 2.08. The average molecular weight is 467 g/mol. The maximum Gasteiger partial charge on any atom is 0.153 e. The maximum absolute atomic E-state index is 11.9. The number of aldehydes is 1. The molecule has 7 heteroatoms. The van der Waals surface area contributed by atoms with Gasteiger partial charge >= 0.3 is 0 Å². The lowest BCUT2D eigenvalue weighted by Gasteiger charge is -2.20. The minimum atomic E-state index is 0.250. The van der Waals surface area contributed by atoms with Gasteiger partial charge in [-0.25, -0.2) is 0 Å². The highest BCUT2D eigenvalue weighted by atomic mass is 16.5. The Labute approximate surface area is 203 Å². The van der Waals surface area contributed by atoms with Gasteiger partial charge in [-0.2, -0.15) is 5.10 Å². The first kappa shape index (κ1) is 27.2. The summed E-state index contributed by atoms with van der Waals surface area (Å²) in [6.07, 6.45) is 6.14. The number of carbonyl (C=O) groups is 1. The van der Waals surface area contributed by atoms with E-state index in [9.17, 15) is 4.79 Å². The van der Waals surface area contributed by atoms with Crippen LogP contribution in [-0.2, 0) is 6.42 Å². The smallest absolute Gasteiger partial charge is 0.153 e. The largest absolute Gasteiger partial charge is 0.491 e. The Morgan fingerprint density at radius 3 is 2.47 bits per heavy atom. The zero-order valence-corrected chi connectivity index (χ0v) is 20.9. The molecule has 7 nitrogen and oxygen atoms in total. The van der Waals surface area contributed by atoms with Gasteiger partial charge in [-0.1, -0.05) is 24.3 Å². The number of nitrogens with zero attached hydrogens (tertiary/aromatic N) is 3. The summed E-state index contributed by atoms with van der Waals surface area (Å²) < 4.78 is 6.07. The molecular weight excluding hydrogens is 428 g/mol. The number of nitrogens with two attached hydrogens (primary N) is 1. The molecule has 2 rings (SSSR count). The van der Waals surface area contributed by atoms with Gasteiger partial charge in [0.1, 0.15) is 18.1 Å². The second kappa shape index (κ2) is 14.3. The Morgan fingerprint density at radius 1 is 1.12 bits per heavy atom. The number of ether oxygens (including phenoxy) is 1. The molecule has 3 N–H and O–H groups in total. The molecule has 0 bridgehead atoms. The van der Waals surface area contributed by atoms with E-state index in [-0.39, 0.29) is 6.61 Å². The summed E-state index contributed by atoms with van der Waals surface area (Å²) in [6.45, 7) is 6.59. The van der Waals surface area contributed by atoms with Gasteiger partial charge in [0.2, 0.25) is 0 Å². The van der Waals surface area contributed by atoms with Crippen LogP contribution >= 0.6 is 0 Å². The van der Waals surface area contributed by atoms with E-state index in [0.29, 0.717) is 30.1 Å². The van der Waals surface area contributed by atoms with Gasteiger partial charge < -0.3 is 20.6 Å². The van der Waals surface area contributed by atoms with Gasteiger partial charge in [0.25, 0.3) is 0 Å². The molecule has 2 aromatic carbocycles. The standard InChI is InChI=1S/C27H38N4O3/c1-20-21(2)27(34-15-13-31(4)12-6-5-7-14-32)25(19-33)17-24(20)16-22-8-10-23(11-9-22)26(30-28)18-29-3/h8-11,17-19,32H,5-7,12-16,28H2,1-4H3/b29-18?,30-26+. The third-order valence-corrected chi connectivity index (χ3v) is 6.06. The van der Waals surface area contributed by atoms with Crippen molar-refractivity contribution in [3.63, 3.8) is 0 Å². The summed E-state index contributed by atoms with van der Waals surface area (Å²) in [7, 11) is 3.74. The Bertz CT molecular complexity index is 984. The molecule has 0 saturated heterocycles. The SMILES string of the molecule is CN=C/C(=N\N)c1ccc(Cc2cc(C=O)c(OCCN(C)CCCCCO)c(C)c2C)cc1. The van der Waals surface area contributed by atoms with E-state index in [1.807, 2.05) is 37.3 Å². The number of likely N-dealkylation sites (N-methyl/N-ethyl adjacent to an activating group) is 1. The molecule has 0 aromatic heterocycles. The number of aliphatic hydroxyl groups excluding tert-OH is 1. The molecule has 34 heavy (non-hydrogen) atoms. The van der Waals surface area contributed by atoms with Crippen molar-refractivity contribution in [1.82, 2.24) is 4.90 Å². The first-order chi connectivity index (χ1) is 16.4. The molecule has 184 valence electrons. The summed E-state index contributed by atoms with van der Waals surface area (Å²) in [4.78, 5) is 18.1. The normalized spacial score (nSPS) is 12.0. The van der Waals surface area contributed by atoms with E-state index in [2.05, 4.69) is 29.0 Å². The Hall–Kier alpha value is -3.03. The van der Waals surface area contributed by atoms with Gasteiger partial charge in [0.15, 0.2) is 6.29 Å². The van der Waals surface area contributed by atoms with Crippen molar-refractivity contribution in [3.05, 3.63) is 63.7 Å². The molecular formula is C27H38N4O3. The molecule has 0 radical (unpaired) electrons. The summed E-state index contributed by atoms with van der Waals surface area (Å²) in [5.41, 5.74) is 6.47. The quantitative estimate of drug-likeness (QED) is 0.146. The lowest BCUT2D eigenvalue weighted by Crippen LogP contribution is -2.25. The number of unbranched alkanes of at least 4 members (excludes halogenated alkanes) is 2. The van der Waals surface area contributed by atoms with Crippen LogP contribution in [-0.4, -0.2) is 68.6 Å². The van der Waals surface area contributed by atoms with E-state index in [0.717, 1.165) is 66.5 Å². The fourth-order valence-electron chi connectivity index (χ4n) is 3.86. The minimum Gasteiger partial charge on any atom is -0.491 e. The number of benzene rings is 2. The lowest BCUT2D eigenvalue weighted by atomic mass is 9.93. The molecule has 0 amide bonds. The zero-order chi connectivity index (χ0) is 24.9. The molecule has 0 heterocycles. The van der Waals surface area contributed by atoms with E-state index in [1.165, 1.54) is 0 Å². The molecule has 0 aliphatic carbocycles. The first-order valence-corrected chi connectivity index (χ1v) is 11.7. The van der Waals surface area contributed by atoms with Crippen molar-refractivity contribution >= 4 is 18.2 Å². The summed E-state index contributed by atoms with van der Waals surface area (Å²) in [5, 5.41) is 12.7. The molecule has 0 saturated carbocycles. The summed E-state index contributed by atoms with van der Waals surface area (Å²) in [5.74, 6) is 6.13. The first-order valence-electron chi connectivity index (χ1n) is 11.7. The Morgan fingerprint density at radius 2 is 1.85 bits per heavy atom. The van der Waals surface area contributed by atoms with Crippen LogP contribution < -0.4 is 10.6 Å². The maximum atomic E-state index is 11.9. The monoisotopic (exact) mass is 466 g/mol. The average Bonchev–Trinajstić information content (AvgIpc) is 2.85. The van der Waals surface area contributed by atoms with E-state index < -0.39 is 0 Å². The van der Waals surface area contributed by atoms with Gasteiger partial charge in [-0.05, 0) is 81.4 Å². The molecule has 0 spiro atoms. The number of aliphatic hydroxyl groups is 1. The number of aliphatic imine (C=N–C) groups is 1. The summed E-state index contributed by atoms with van der Waals surface area (Å²) in [6, 6.07) is 9.97. The summed E-state index contributed by atoms with van der Waals surface area (Å²) >= 11 is 0. The van der Waals surface area contributed by atoms with Crippen LogP contribution in [0.5, 0.6) is 5.75 Å². The van der Waals surface area contributed by atoms with Crippen LogP contribution in [0.1, 0.15) is 57.4 Å². The van der Waals surface area contributed by atoms with Crippen LogP contribution in [0.3, 0.4) is 0 Å². The topological polar surface area (TPSA) is 101 Å². The van der Waals surface area contributed by atoms with Crippen molar-refractivity contribution in [3.8, 4) is 5.75 Å². The third kappa shape index (κ3) is 7.78. The number of hydrogen-bond acceptors (Lipinski definition) is 7. The van der Waals surface area contributed by atoms with E-state index in [1.54, 1.807) is 13.3 Å². The van der Waals surface area contributed by atoms with Gasteiger partial charge in [-0.3, -0.25) is 9.79 Å². The van der Waals surface area contributed by atoms with Crippen LogP contribution in [0, 0.1) is 13.8 Å². The van der Waals surface area contributed by atoms with Gasteiger partial charge in [-0.15, -0.1) is 0 Å². The van der Waals surface area contributed by atoms with Crippen LogP contribution in [0.2, 0.25) is 0 Å². The highest BCUT2D eigenvalue weighted by Gasteiger charge is 2.15. The Kier molecular flexibility index (Phi) is 11.4. The van der Waals surface area contributed by atoms with Crippen molar-refractivity contribution in [2.24, 2.45) is 15.9 Å². The van der Waals surface area contributed by atoms with Crippen LogP contribution in [0.15, 0.2) is 40.4 Å². The fraction of sp³-hybridized carbons (Fsp3) is 0.444. The number of carbonyl (C=O) groups excluding carboxylic acids is 1. The van der Waals surface area contributed by atoms with Crippen molar-refractivity contribution in [2.45, 2.75) is 39.5 Å². The van der Waals surface area contributed by atoms with Gasteiger partial charge in [0, 0.05) is 32.0 Å². The van der Waals surface area contributed by atoms with Crippen molar-refractivity contribution in [1.29, 1.82) is 0 Å². The second-order valence-corrected chi connectivity index (χ2v) is 8.53. The minimum absolute atomic E-state index is 0.250. The number of rotatable bonds is 14. The van der Waals surface area contributed by atoms with Crippen molar-refractivity contribution in [2.75, 3.05) is 40.4 Å². The molecule has 2 aromatic rings. The van der Waals surface area contributed by atoms with Crippen molar-refractivity contribution < 1.29 is 14.6 Å². The van der Waals surface area contributed by atoms with Crippen LogP contribution in [0.4, 0.5) is 0 Å². The molecule has 0 fully saturated rings. The molecule has 0 aliphatic heterocycles. The van der Waals surface area contributed by atoms with Gasteiger partial charge in [0.05, 0.1) is 5.56 Å². The zero-order valence-electron chi connectivity index (χ0n) is 20.9. The molecule has 0 atom stereocenters. The molecule has 0 unspecified atom stereocenters. The number of hydrazone groups is 1. The second-order valence-electron chi connectivity index (χ2n) is 8.53. The van der Waals surface area contributed by atoms with E-state index in [4.69, 9.17) is 15.7 Å². The highest BCUT2D eigenvalue weighted by Crippen LogP contribution is 2.30. The molecule has 0 aliphatic rings. The van der Waals surface area contributed by atoms with E-state index >= 15 is 0 Å².